The molecule has 1 aromatic heterocycles. The van der Waals surface area contributed by atoms with Gasteiger partial charge in [-0.05, 0) is 19.4 Å². The minimum Gasteiger partial charge on any atom is -0.469 e. The molecule has 0 aliphatic carbocycles. The zero-order valence-electron chi connectivity index (χ0n) is 11.4. The van der Waals surface area contributed by atoms with E-state index in [0.29, 0.717) is 5.76 Å². The number of furan rings is 1. The molecule has 0 saturated carbocycles. The number of aryl methyl sites for hydroxylation is 1. The molecule has 7 heteroatoms. The summed E-state index contributed by atoms with van der Waals surface area (Å²) in [5.41, 5.74) is 0.832. The van der Waals surface area contributed by atoms with Crippen LogP contribution < -0.4 is 0 Å². The summed E-state index contributed by atoms with van der Waals surface area (Å²) in [4.78, 5) is 10.9. The highest BCUT2D eigenvalue weighted by Crippen LogP contribution is 2.14. The van der Waals surface area contributed by atoms with Gasteiger partial charge in [0.2, 0.25) is 10.0 Å². The van der Waals surface area contributed by atoms with Gasteiger partial charge < -0.3 is 9.15 Å². The second kappa shape index (κ2) is 6.72. The summed E-state index contributed by atoms with van der Waals surface area (Å²) < 4.78 is 34.8. The van der Waals surface area contributed by atoms with Crippen LogP contribution in [-0.2, 0) is 26.1 Å². The van der Waals surface area contributed by atoms with Crippen LogP contribution in [0.3, 0.4) is 0 Å². The Morgan fingerprint density at radius 2 is 2.16 bits per heavy atom. The number of hydrogen-bond donors (Lipinski definition) is 0. The first-order valence-corrected chi connectivity index (χ1v) is 7.51. The molecule has 6 nitrogen and oxygen atoms in total. The van der Waals surface area contributed by atoms with Crippen LogP contribution in [0.1, 0.15) is 24.2 Å². The number of ether oxygens (including phenoxy) is 1. The van der Waals surface area contributed by atoms with Crippen molar-refractivity contribution in [2.45, 2.75) is 26.3 Å². The highest BCUT2D eigenvalue weighted by Gasteiger charge is 2.19. The monoisotopic (exact) mass is 289 g/mol. The van der Waals surface area contributed by atoms with E-state index < -0.39 is 16.0 Å². The molecule has 0 aliphatic rings. The van der Waals surface area contributed by atoms with Crippen molar-refractivity contribution in [1.29, 1.82) is 0 Å². The van der Waals surface area contributed by atoms with Gasteiger partial charge in [-0.3, -0.25) is 4.79 Å². The molecule has 0 fully saturated rings. The van der Waals surface area contributed by atoms with Crippen LogP contribution in [0.15, 0.2) is 16.7 Å². The third kappa shape index (κ3) is 4.68. The van der Waals surface area contributed by atoms with Crippen LogP contribution in [0.25, 0.3) is 0 Å². The summed E-state index contributed by atoms with van der Waals surface area (Å²) in [6.07, 6.45) is 1.89. The molecule has 19 heavy (non-hydrogen) atoms. The maximum Gasteiger partial charge on any atom is 0.305 e. The summed E-state index contributed by atoms with van der Waals surface area (Å²) in [6.45, 7) is 2.05. The predicted molar refractivity (Wildman–Crippen MR) is 69.9 cm³/mol. The van der Waals surface area contributed by atoms with E-state index in [4.69, 9.17) is 4.42 Å². The van der Waals surface area contributed by atoms with Gasteiger partial charge in [-0.15, -0.1) is 0 Å². The summed E-state index contributed by atoms with van der Waals surface area (Å²) in [6, 6.07) is 1.75. The van der Waals surface area contributed by atoms with Crippen LogP contribution in [0.5, 0.6) is 0 Å². The first-order valence-electron chi connectivity index (χ1n) is 5.90. The van der Waals surface area contributed by atoms with E-state index in [2.05, 4.69) is 4.74 Å². The molecule has 0 amide bonds. The second-order valence-corrected chi connectivity index (χ2v) is 6.45. The maximum absolute atomic E-state index is 12.0. The van der Waals surface area contributed by atoms with Gasteiger partial charge in [-0.2, -0.15) is 0 Å². The van der Waals surface area contributed by atoms with Gasteiger partial charge in [-0.1, -0.05) is 0 Å². The Kier molecular flexibility index (Phi) is 5.56. The van der Waals surface area contributed by atoms with Crippen LogP contribution in [0, 0.1) is 6.92 Å². The number of esters is 1. The van der Waals surface area contributed by atoms with E-state index in [1.54, 1.807) is 13.0 Å². The average molecular weight is 289 g/mol. The third-order valence-corrected chi connectivity index (χ3v) is 4.73. The van der Waals surface area contributed by atoms with Gasteiger partial charge in [0.25, 0.3) is 0 Å². The molecule has 1 heterocycles. The zero-order chi connectivity index (χ0) is 14.5. The van der Waals surface area contributed by atoms with Crippen molar-refractivity contribution in [3.63, 3.8) is 0 Å². The second-order valence-electron chi connectivity index (χ2n) is 4.25. The molecule has 0 unspecified atom stereocenters. The van der Waals surface area contributed by atoms with Crippen LogP contribution in [0.2, 0.25) is 0 Å². The minimum absolute atomic E-state index is 0.0739. The first kappa shape index (κ1) is 15.7. The maximum atomic E-state index is 12.0. The number of carbonyl (C=O) groups is 1. The Morgan fingerprint density at radius 3 is 2.68 bits per heavy atom. The fourth-order valence-electron chi connectivity index (χ4n) is 1.57. The highest BCUT2D eigenvalue weighted by atomic mass is 32.2. The van der Waals surface area contributed by atoms with Crippen molar-refractivity contribution in [1.82, 2.24) is 4.31 Å². The van der Waals surface area contributed by atoms with Gasteiger partial charge in [-0.25, -0.2) is 12.7 Å². The smallest absolute Gasteiger partial charge is 0.305 e. The Balaban J connectivity index is 2.52. The Labute approximate surface area is 113 Å². The average Bonchev–Trinajstić information content (AvgIpc) is 2.74. The molecule has 0 atom stereocenters. The van der Waals surface area contributed by atoms with E-state index in [9.17, 15) is 13.2 Å². The van der Waals surface area contributed by atoms with E-state index in [-0.39, 0.29) is 25.1 Å². The number of rotatable bonds is 7. The van der Waals surface area contributed by atoms with E-state index in [1.165, 1.54) is 24.7 Å². The standard InChI is InChI=1S/C12H19NO5S/c1-10-11(6-7-18-10)9-13(2)19(15,16)8-4-5-12(14)17-3/h6-7H,4-5,8-9H2,1-3H3. The van der Waals surface area contributed by atoms with E-state index in [1.807, 2.05) is 0 Å². The quantitative estimate of drug-likeness (QED) is 0.707. The lowest BCUT2D eigenvalue weighted by Crippen LogP contribution is -2.29. The lowest BCUT2D eigenvalue weighted by molar-refractivity contribution is -0.140. The lowest BCUT2D eigenvalue weighted by atomic mass is 10.3. The number of carbonyl (C=O) groups excluding carboxylic acids is 1. The third-order valence-electron chi connectivity index (χ3n) is 2.84. The Hall–Kier alpha value is -1.34. The van der Waals surface area contributed by atoms with E-state index in [0.717, 1.165) is 5.56 Å². The molecular weight excluding hydrogens is 270 g/mol. The van der Waals surface area contributed by atoms with Crippen LogP contribution >= 0.6 is 0 Å². The number of sulfonamides is 1. The molecule has 0 saturated heterocycles. The Morgan fingerprint density at radius 1 is 1.47 bits per heavy atom. The number of hydrogen-bond acceptors (Lipinski definition) is 5. The molecule has 0 bridgehead atoms. The van der Waals surface area contributed by atoms with Crippen molar-refractivity contribution in [3.05, 3.63) is 23.7 Å². The van der Waals surface area contributed by atoms with Crippen molar-refractivity contribution < 1.29 is 22.4 Å². The topological polar surface area (TPSA) is 76.8 Å². The number of methoxy groups -OCH3 is 1. The number of nitrogens with zero attached hydrogens (tertiary/aromatic N) is 1. The fraction of sp³-hybridized carbons (Fsp3) is 0.583. The van der Waals surface area contributed by atoms with Crippen LogP contribution in [0.4, 0.5) is 0 Å². The summed E-state index contributed by atoms with van der Waals surface area (Å²) >= 11 is 0. The lowest BCUT2D eigenvalue weighted by Gasteiger charge is -2.16. The SMILES string of the molecule is COC(=O)CCCS(=O)(=O)N(C)Cc1ccoc1C. The molecule has 108 valence electrons. The first-order chi connectivity index (χ1) is 8.86. The van der Waals surface area contributed by atoms with Crippen LogP contribution in [-0.4, -0.2) is 38.6 Å². The van der Waals surface area contributed by atoms with Gasteiger partial charge >= 0.3 is 5.97 Å². The van der Waals surface area contributed by atoms with Gasteiger partial charge in [0.1, 0.15) is 5.76 Å². The van der Waals surface area contributed by atoms with Gasteiger partial charge in [0.15, 0.2) is 0 Å². The zero-order valence-corrected chi connectivity index (χ0v) is 12.2. The normalized spacial score (nSPS) is 11.8. The molecular formula is C12H19NO5S. The molecule has 0 spiro atoms. The van der Waals surface area contributed by atoms with Crippen molar-refractivity contribution in [2.75, 3.05) is 19.9 Å². The van der Waals surface area contributed by atoms with Crippen molar-refractivity contribution >= 4 is 16.0 Å². The highest BCUT2D eigenvalue weighted by molar-refractivity contribution is 7.89. The molecule has 0 N–H and O–H groups in total. The fourth-order valence-corrected chi connectivity index (χ4v) is 2.73. The molecule has 1 rings (SSSR count). The predicted octanol–water partition coefficient (Wildman–Crippen LogP) is 1.30. The molecule has 1 aromatic rings. The molecule has 0 aromatic carbocycles. The summed E-state index contributed by atoms with van der Waals surface area (Å²) in [5, 5.41) is 0. The minimum atomic E-state index is -3.37. The van der Waals surface area contributed by atoms with E-state index >= 15 is 0 Å². The summed E-state index contributed by atoms with van der Waals surface area (Å²) in [7, 11) is -0.577. The van der Waals surface area contributed by atoms with Gasteiger partial charge in [0, 0.05) is 25.6 Å². The van der Waals surface area contributed by atoms with Crippen molar-refractivity contribution in [3.8, 4) is 0 Å². The van der Waals surface area contributed by atoms with Gasteiger partial charge in [0.05, 0.1) is 19.1 Å². The largest absolute Gasteiger partial charge is 0.469 e. The van der Waals surface area contributed by atoms with Crippen molar-refractivity contribution in [2.24, 2.45) is 0 Å². The summed E-state index contributed by atoms with van der Waals surface area (Å²) in [5.74, 6) is 0.232. The molecule has 0 radical (unpaired) electrons. The Bertz CT molecular complexity index is 520. The molecule has 0 aliphatic heterocycles.